The molecule has 1 saturated heterocycles. The molecular weight excluding hydrogens is 288 g/mol. The van der Waals surface area contributed by atoms with Crippen LogP contribution in [0.25, 0.3) is 0 Å². The van der Waals surface area contributed by atoms with Crippen LogP contribution in [0.1, 0.15) is 30.4 Å². The van der Waals surface area contributed by atoms with E-state index >= 15 is 0 Å². The van der Waals surface area contributed by atoms with Crippen molar-refractivity contribution in [3.8, 4) is 0 Å². The maximum Gasteiger partial charge on any atom is 0.245 e. The second kappa shape index (κ2) is 6.34. The van der Waals surface area contributed by atoms with E-state index in [0.717, 1.165) is 24.8 Å². The van der Waals surface area contributed by atoms with E-state index in [1.54, 1.807) is 20.0 Å². The molecule has 1 fully saturated rings. The minimum Gasteiger partial charge on any atom is -0.398 e. The summed E-state index contributed by atoms with van der Waals surface area (Å²) in [6.07, 6.45) is 3.02. The molecular formula is C15H24N2O3S. The van der Waals surface area contributed by atoms with Gasteiger partial charge >= 0.3 is 0 Å². The third-order valence-corrected chi connectivity index (χ3v) is 6.14. The summed E-state index contributed by atoms with van der Waals surface area (Å²) in [5, 5.41) is 0. The van der Waals surface area contributed by atoms with Crippen LogP contribution in [0.4, 0.5) is 5.69 Å². The van der Waals surface area contributed by atoms with E-state index in [9.17, 15) is 8.42 Å². The van der Waals surface area contributed by atoms with Gasteiger partial charge in [-0.05, 0) is 50.3 Å². The Hall–Kier alpha value is -1.11. The fourth-order valence-electron chi connectivity index (χ4n) is 2.65. The molecule has 1 aromatic rings. The van der Waals surface area contributed by atoms with Gasteiger partial charge < -0.3 is 10.5 Å². The fraction of sp³-hybridized carbons (Fsp3) is 0.600. The lowest BCUT2D eigenvalue weighted by Crippen LogP contribution is -2.37. The molecule has 21 heavy (non-hydrogen) atoms. The van der Waals surface area contributed by atoms with Gasteiger partial charge in [0.2, 0.25) is 10.0 Å². The molecule has 1 aliphatic heterocycles. The number of hydrogen-bond donors (Lipinski definition) is 1. The number of rotatable bonds is 4. The van der Waals surface area contributed by atoms with E-state index in [4.69, 9.17) is 10.5 Å². The van der Waals surface area contributed by atoms with Gasteiger partial charge in [-0.15, -0.1) is 0 Å². The van der Waals surface area contributed by atoms with Crippen molar-refractivity contribution in [2.24, 2.45) is 0 Å². The van der Waals surface area contributed by atoms with Crippen molar-refractivity contribution in [2.75, 3.05) is 25.9 Å². The van der Waals surface area contributed by atoms with Gasteiger partial charge in [-0.2, -0.15) is 4.31 Å². The van der Waals surface area contributed by atoms with Crippen LogP contribution >= 0.6 is 0 Å². The molecule has 0 bridgehead atoms. The van der Waals surface area contributed by atoms with Gasteiger partial charge in [-0.3, -0.25) is 0 Å². The van der Waals surface area contributed by atoms with Gasteiger partial charge in [0, 0.05) is 20.2 Å². The zero-order valence-electron chi connectivity index (χ0n) is 12.9. The van der Waals surface area contributed by atoms with E-state index in [0.29, 0.717) is 24.4 Å². The number of hydrogen-bond acceptors (Lipinski definition) is 4. The second-order valence-electron chi connectivity index (χ2n) is 5.70. The van der Waals surface area contributed by atoms with Crippen molar-refractivity contribution in [1.82, 2.24) is 4.31 Å². The molecule has 0 saturated carbocycles. The van der Waals surface area contributed by atoms with Crippen molar-refractivity contribution >= 4 is 15.7 Å². The number of nitrogens with two attached hydrogens (primary N) is 1. The lowest BCUT2D eigenvalue weighted by atomic mass is 10.1. The highest BCUT2D eigenvalue weighted by atomic mass is 32.2. The molecule has 118 valence electrons. The molecule has 0 aliphatic carbocycles. The fourth-order valence-corrected chi connectivity index (χ4v) is 4.23. The number of aryl methyl sites for hydroxylation is 1. The minimum absolute atomic E-state index is 0.0233. The van der Waals surface area contributed by atoms with E-state index < -0.39 is 10.0 Å². The SMILES string of the molecule is Cc1ccc(N)c(S(=O)(=O)N(C)CC2CCCCO2)c1C. The summed E-state index contributed by atoms with van der Waals surface area (Å²) in [5.41, 5.74) is 7.85. The zero-order valence-corrected chi connectivity index (χ0v) is 13.7. The summed E-state index contributed by atoms with van der Waals surface area (Å²) in [4.78, 5) is 0.223. The number of likely N-dealkylation sites (N-methyl/N-ethyl adjacent to an activating group) is 1. The lowest BCUT2D eigenvalue weighted by Gasteiger charge is -2.28. The van der Waals surface area contributed by atoms with Gasteiger partial charge in [0.05, 0.1) is 11.8 Å². The summed E-state index contributed by atoms with van der Waals surface area (Å²) in [6.45, 7) is 4.76. The second-order valence-corrected chi connectivity index (χ2v) is 7.68. The van der Waals surface area contributed by atoms with E-state index in [1.807, 2.05) is 13.0 Å². The van der Waals surface area contributed by atoms with Crippen LogP contribution in [0.2, 0.25) is 0 Å². The zero-order chi connectivity index (χ0) is 15.6. The van der Waals surface area contributed by atoms with Crippen LogP contribution in [-0.2, 0) is 14.8 Å². The minimum atomic E-state index is -3.59. The largest absolute Gasteiger partial charge is 0.398 e. The normalized spacial score (nSPS) is 19.9. The molecule has 1 aromatic carbocycles. The Labute approximate surface area is 127 Å². The predicted octanol–water partition coefficient (Wildman–Crippen LogP) is 2.08. The standard InChI is InChI=1S/C15H24N2O3S/c1-11-7-8-14(16)15(12(11)2)21(18,19)17(3)10-13-6-4-5-9-20-13/h7-8,13H,4-6,9-10,16H2,1-3H3. The van der Waals surface area contributed by atoms with Gasteiger partial charge in [0.25, 0.3) is 0 Å². The first-order valence-electron chi connectivity index (χ1n) is 7.27. The van der Waals surface area contributed by atoms with Gasteiger partial charge in [-0.25, -0.2) is 8.42 Å². The molecule has 0 spiro atoms. The first-order chi connectivity index (χ1) is 9.84. The highest BCUT2D eigenvalue weighted by Crippen LogP contribution is 2.28. The van der Waals surface area contributed by atoms with E-state index in [-0.39, 0.29) is 11.0 Å². The smallest absolute Gasteiger partial charge is 0.245 e. The van der Waals surface area contributed by atoms with Gasteiger partial charge in [0.15, 0.2) is 0 Å². The Balaban J connectivity index is 2.27. The molecule has 1 atom stereocenters. The molecule has 0 radical (unpaired) electrons. The van der Waals surface area contributed by atoms with Crippen molar-refractivity contribution in [1.29, 1.82) is 0 Å². The van der Waals surface area contributed by atoms with Crippen LogP contribution in [0.15, 0.2) is 17.0 Å². The Morgan fingerprint density at radius 3 is 2.67 bits per heavy atom. The molecule has 0 aromatic heterocycles. The molecule has 0 amide bonds. The van der Waals surface area contributed by atoms with Crippen LogP contribution < -0.4 is 5.73 Å². The number of sulfonamides is 1. The molecule has 2 rings (SSSR count). The number of ether oxygens (including phenoxy) is 1. The summed E-state index contributed by atoms with van der Waals surface area (Å²) >= 11 is 0. The average Bonchev–Trinajstić information content (AvgIpc) is 2.44. The number of nitrogens with zero attached hydrogens (tertiary/aromatic N) is 1. The molecule has 1 heterocycles. The molecule has 1 unspecified atom stereocenters. The summed E-state index contributed by atoms with van der Waals surface area (Å²) in [7, 11) is -2.00. The Morgan fingerprint density at radius 2 is 2.05 bits per heavy atom. The van der Waals surface area contributed by atoms with Crippen LogP contribution in [0.3, 0.4) is 0 Å². The number of benzene rings is 1. The summed E-state index contributed by atoms with van der Waals surface area (Å²) < 4.78 is 32.6. The molecule has 6 heteroatoms. The maximum atomic E-state index is 12.8. The molecule has 1 aliphatic rings. The first kappa shape index (κ1) is 16.3. The van der Waals surface area contributed by atoms with Crippen molar-refractivity contribution in [2.45, 2.75) is 44.1 Å². The van der Waals surface area contributed by atoms with Gasteiger partial charge in [-0.1, -0.05) is 6.07 Å². The molecule has 2 N–H and O–H groups in total. The summed E-state index contributed by atoms with van der Waals surface area (Å²) in [6, 6.07) is 3.49. The van der Waals surface area contributed by atoms with Crippen molar-refractivity contribution in [3.05, 3.63) is 23.3 Å². The number of nitrogen functional groups attached to an aromatic ring is 1. The third-order valence-electron chi connectivity index (χ3n) is 4.11. The van der Waals surface area contributed by atoms with E-state index in [2.05, 4.69) is 0 Å². The van der Waals surface area contributed by atoms with Crippen LogP contribution in [0.5, 0.6) is 0 Å². The van der Waals surface area contributed by atoms with Crippen molar-refractivity contribution < 1.29 is 13.2 Å². The lowest BCUT2D eigenvalue weighted by molar-refractivity contribution is 0.00858. The topological polar surface area (TPSA) is 72.6 Å². The number of anilines is 1. The average molecular weight is 312 g/mol. The third kappa shape index (κ3) is 3.39. The van der Waals surface area contributed by atoms with Gasteiger partial charge in [0.1, 0.15) is 4.90 Å². The first-order valence-corrected chi connectivity index (χ1v) is 8.71. The quantitative estimate of drug-likeness (QED) is 0.864. The Kier molecular flexibility index (Phi) is 4.91. The predicted molar refractivity (Wildman–Crippen MR) is 83.7 cm³/mol. The van der Waals surface area contributed by atoms with E-state index in [1.165, 1.54) is 4.31 Å². The van der Waals surface area contributed by atoms with Crippen LogP contribution in [0, 0.1) is 13.8 Å². The Bertz CT molecular complexity index is 608. The maximum absolute atomic E-state index is 12.8. The highest BCUT2D eigenvalue weighted by Gasteiger charge is 2.28. The van der Waals surface area contributed by atoms with Crippen LogP contribution in [-0.4, -0.2) is 39.0 Å². The molecule has 5 nitrogen and oxygen atoms in total. The summed E-state index contributed by atoms with van der Waals surface area (Å²) in [5.74, 6) is 0. The highest BCUT2D eigenvalue weighted by molar-refractivity contribution is 7.89. The Morgan fingerprint density at radius 1 is 1.33 bits per heavy atom. The monoisotopic (exact) mass is 312 g/mol. The van der Waals surface area contributed by atoms with Crippen molar-refractivity contribution in [3.63, 3.8) is 0 Å².